The van der Waals surface area contributed by atoms with Crippen molar-refractivity contribution >= 4 is 10.9 Å². The third kappa shape index (κ3) is 2.20. The molecule has 0 saturated carbocycles. The maximum atomic E-state index is 5.93. The topological polar surface area (TPSA) is 77.8 Å². The molecule has 3 rings (SSSR count). The van der Waals surface area contributed by atoms with E-state index in [0.29, 0.717) is 17.4 Å². The number of aromatic nitrogens is 3. The SMILES string of the molecule is CC(C)(N)c1noc(-c2ccc3ccccc3n2)n1. The molecule has 0 aliphatic carbocycles. The minimum atomic E-state index is -0.626. The highest BCUT2D eigenvalue weighted by molar-refractivity contribution is 5.80. The molecule has 1 aromatic carbocycles. The van der Waals surface area contributed by atoms with Gasteiger partial charge in [-0.25, -0.2) is 4.98 Å². The predicted molar refractivity (Wildman–Crippen MR) is 72.2 cm³/mol. The van der Waals surface area contributed by atoms with Crippen LogP contribution in [-0.2, 0) is 5.54 Å². The number of hydrogen-bond acceptors (Lipinski definition) is 5. The predicted octanol–water partition coefficient (Wildman–Crippen LogP) is 2.48. The van der Waals surface area contributed by atoms with Gasteiger partial charge >= 0.3 is 0 Å². The van der Waals surface area contributed by atoms with Crippen LogP contribution >= 0.6 is 0 Å². The minimum Gasteiger partial charge on any atom is -0.332 e. The number of hydrogen-bond donors (Lipinski definition) is 1. The third-order valence-electron chi connectivity index (χ3n) is 2.82. The summed E-state index contributed by atoms with van der Waals surface area (Å²) in [5.41, 5.74) is 6.86. The zero-order valence-corrected chi connectivity index (χ0v) is 10.8. The second kappa shape index (κ2) is 4.13. The molecule has 0 unspecified atom stereocenters. The highest BCUT2D eigenvalue weighted by atomic mass is 16.5. The molecule has 2 aromatic heterocycles. The van der Waals surface area contributed by atoms with E-state index in [9.17, 15) is 0 Å². The summed E-state index contributed by atoms with van der Waals surface area (Å²) in [6.45, 7) is 3.66. The summed E-state index contributed by atoms with van der Waals surface area (Å²) in [6, 6.07) is 11.7. The summed E-state index contributed by atoms with van der Waals surface area (Å²) in [7, 11) is 0. The Labute approximate surface area is 110 Å². The Balaban J connectivity index is 2.07. The van der Waals surface area contributed by atoms with Crippen LogP contribution in [0.3, 0.4) is 0 Å². The summed E-state index contributed by atoms with van der Waals surface area (Å²) in [5.74, 6) is 0.858. The normalized spacial score (nSPS) is 11.9. The van der Waals surface area contributed by atoms with E-state index in [1.54, 1.807) is 0 Å². The molecule has 0 atom stereocenters. The summed E-state index contributed by atoms with van der Waals surface area (Å²) < 4.78 is 5.22. The van der Waals surface area contributed by atoms with Gasteiger partial charge in [0.25, 0.3) is 5.89 Å². The van der Waals surface area contributed by atoms with Crippen molar-refractivity contribution in [1.82, 2.24) is 15.1 Å². The lowest BCUT2D eigenvalue weighted by atomic mass is 10.1. The zero-order valence-electron chi connectivity index (χ0n) is 10.8. The fourth-order valence-corrected chi connectivity index (χ4v) is 1.77. The molecular formula is C14H14N4O. The lowest BCUT2D eigenvalue weighted by molar-refractivity contribution is 0.396. The van der Waals surface area contributed by atoms with Crippen LogP contribution in [0.5, 0.6) is 0 Å². The highest BCUT2D eigenvalue weighted by Gasteiger charge is 2.22. The number of pyridine rings is 1. The largest absolute Gasteiger partial charge is 0.332 e. The van der Waals surface area contributed by atoms with Crippen molar-refractivity contribution in [2.24, 2.45) is 5.73 Å². The standard InChI is InChI=1S/C14H14N4O/c1-14(2,15)13-17-12(19-18-13)11-8-7-9-5-3-4-6-10(9)16-11/h3-8H,15H2,1-2H3. The van der Waals surface area contributed by atoms with Gasteiger partial charge < -0.3 is 10.3 Å². The number of nitrogens with two attached hydrogens (primary N) is 1. The first-order valence-corrected chi connectivity index (χ1v) is 6.03. The van der Waals surface area contributed by atoms with Crippen molar-refractivity contribution in [3.8, 4) is 11.6 Å². The monoisotopic (exact) mass is 254 g/mol. The average molecular weight is 254 g/mol. The van der Waals surface area contributed by atoms with Gasteiger partial charge in [-0.2, -0.15) is 4.98 Å². The van der Waals surface area contributed by atoms with Crippen LogP contribution in [0.4, 0.5) is 0 Å². The second-order valence-corrected chi connectivity index (χ2v) is 5.03. The Hall–Kier alpha value is -2.27. The van der Waals surface area contributed by atoms with Gasteiger partial charge in [-0.15, -0.1) is 0 Å². The van der Waals surface area contributed by atoms with Gasteiger partial charge in [-0.3, -0.25) is 0 Å². The highest BCUT2D eigenvalue weighted by Crippen LogP contribution is 2.21. The Kier molecular flexibility index (Phi) is 2.57. The number of fused-ring (bicyclic) bond motifs is 1. The molecule has 3 aromatic rings. The van der Waals surface area contributed by atoms with Crippen molar-refractivity contribution < 1.29 is 4.52 Å². The van der Waals surface area contributed by atoms with Gasteiger partial charge in [0.15, 0.2) is 5.82 Å². The molecule has 19 heavy (non-hydrogen) atoms. The van der Waals surface area contributed by atoms with E-state index in [4.69, 9.17) is 10.3 Å². The van der Waals surface area contributed by atoms with E-state index in [1.807, 2.05) is 50.2 Å². The molecule has 0 radical (unpaired) electrons. The molecule has 0 aliphatic heterocycles. The van der Waals surface area contributed by atoms with Crippen molar-refractivity contribution in [3.05, 3.63) is 42.2 Å². The van der Waals surface area contributed by atoms with E-state index in [2.05, 4.69) is 15.1 Å². The van der Waals surface area contributed by atoms with Gasteiger partial charge in [0.1, 0.15) is 5.69 Å². The molecule has 5 heteroatoms. The minimum absolute atomic E-state index is 0.388. The van der Waals surface area contributed by atoms with Crippen LogP contribution in [0.25, 0.3) is 22.5 Å². The van der Waals surface area contributed by atoms with Crippen LogP contribution in [0.2, 0.25) is 0 Å². The third-order valence-corrected chi connectivity index (χ3v) is 2.82. The molecule has 0 bridgehead atoms. The van der Waals surface area contributed by atoms with Gasteiger partial charge in [-0.1, -0.05) is 29.4 Å². The molecule has 0 spiro atoms. The lowest BCUT2D eigenvalue weighted by Gasteiger charge is -2.11. The van der Waals surface area contributed by atoms with E-state index >= 15 is 0 Å². The first-order chi connectivity index (χ1) is 9.04. The summed E-state index contributed by atoms with van der Waals surface area (Å²) >= 11 is 0. The number of benzene rings is 1. The Morgan fingerprint density at radius 1 is 1.05 bits per heavy atom. The quantitative estimate of drug-likeness (QED) is 0.760. The van der Waals surface area contributed by atoms with Crippen LogP contribution in [0.1, 0.15) is 19.7 Å². The molecule has 96 valence electrons. The summed E-state index contributed by atoms with van der Waals surface area (Å²) in [4.78, 5) is 8.80. The van der Waals surface area contributed by atoms with Crippen LogP contribution < -0.4 is 5.73 Å². The van der Waals surface area contributed by atoms with Crippen LogP contribution in [-0.4, -0.2) is 15.1 Å². The molecule has 0 amide bonds. The van der Waals surface area contributed by atoms with Gasteiger partial charge in [-0.05, 0) is 26.0 Å². The second-order valence-electron chi connectivity index (χ2n) is 5.03. The average Bonchev–Trinajstić information content (AvgIpc) is 2.87. The van der Waals surface area contributed by atoms with Crippen molar-refractivity contribution in [3.63, 3.8) is 0 Å². The smallest absolute Gasteiger partial charge is 0.276 e. The Morgan fingerprint density at radius 3 is 2.58 bits per heavy atom. The van der Waals surface area contributed by atoms with Crippen LogP contribution in [0, 0.1) is 0 Å². The van der Waals surface area contributed by atoms with Gasteiger partial charge in [0, 0.05) is 5.39 Å². The molecule has 2 N–H and O–H groups in total. The first kappa shape index (κ1) is 11.8. The molecular weight excluding hydrogens is 240 g/mol. The Bertz CT molecular complexity index is 727. The van der Waals surface area contributed by atoms with E-state index < -0.39 is 5.54 Å². The molecule has 2 heterocycles. The summed E-state index contributed by atoms with van der Waals surface area (Å²) in [5, 5.41) is 4.97. The van der Waals surface area contributed by atoms with Crippen molar-refractivity contribution in [1.29, 1.82) is 0 Å². The maximum absolute atomic E-state index is 5.93. The van der Waals surface area contributed by atoms with Crippen molar-refractivity contribution in [2.45, 2.75) is 19.4 Å². The first-order valence-electron chi connectivity index (χ1n) is 6.03. The van der Waals surface area contributed by atoms with E-state index in [1.165, 1.54) is 0 Å². The van der Waals surface area contributed by atoms with Gasteiger partial charge in [0.2, 0.25) is 0 Å². The number of nitrogens with zero attached hydrogens (tertiary/aromatic N) is 3. The van der Waals surface area contributed by atoms with E-state index in [-0.39, 0.29) is 0 Å². The van der Waals surface area contributed by atoms with Crippen LogP contribution in [0.15, 0.2) is 40.9 Å². The number of para-hydroxylation sites is 1. The Morgan fingerprint density at radius 2 is 1.84 bits per heavy atom. The molecule has 0 aliphatic rings. The fraction of sp³-hybridized carbons (Fsp3) is 0.214. The van der Waals surface area contributed by atoms with Crippen molar-refractivity contribution in [2.75, 3.05) is 0 Å². The maximum Gasteiger partial charge on any atom is 0.276 e. The fourth-order valence-electron chi connectivity index (χ4n) is 1.77. The molecule has 0 saturated heterocycles. The van der Waals surface area contributed by atoms with E-state index in [0.717, 1.165) is 10.9 Å². The number of rotatable bonds is 2. The molecule has 0 fully saturated rings. The molecule has 5 nitrogen and oxygen atoms in total. The zero-order chi connectivity index (χ0) is 13.5. The summed E-state index contributed by atoms with van der Waals surface area (Å²) in [6.07, 6.45) is 0. The van der Waals surface area contributed by atoms with Gasteiger partial charge in [0.05, 0.1) is 11.1 Å². The lowest BCUT2D eigenvalue weighted by Crippen LogP contribution is -2.30.